The van der Waals surface area contributed by atoms with Gasteiger partial charge in [-0.15, -0.1) is 0 Å². The second-order valence-corrected chi connectivity index (χ2v) is 8.16. The predicted molar refractivity (Wildman–Crippen MR) is 126 cm³/mol. The van der Waals surface area contributed by atoms with Gasteiger partial charge in [0.15, 0.2) is 11.2 Å². The van der Waals surface area contributed by atoms with E-state index in [4.69, 9.17) is 4.74 Å². The highest BCUT2D eigenvalue weighted by atomic mass is 79.9. The van der Waals surface area contributed by atoms with Gasteiger partial charge in [0.1, 0.15) is 5.75 Å². The number of imidazole rings is 1. The number of H-pyrrole nitrogens is 1. The standard InChI is InChI=1S/C21H27BrN6O3/c1-4-5-6-7-8-11-28-17-18(27(2)21(30)25-19(17)29)24-20(28)26-23-13-14-12-15(22)9-10-16(14)31-3/h9-10,12-13H,4-8,11H2,1-3H3,(H,24,26)(H,25,29,30)/b23-13+. The number of rotatable bonds is 10. The van der Waals surface area contributed by atoms with E-state index in [0.29, 0.717) is 29.4 Å². The quantitative estimate of drug-likeness (QED) is 0.256. The summed E-state index contributed by atoms with van der Waals surface area (Å²) in [4.78, 5) is 31.4. The van der Waals surface area contributed by atoms with Gasteiger partial charge in [-0.05, 0) is 24.6 Å². The van der Waals surface area contributed by atoms with E-state index in [2.05, 4.69) is 43.3 Å². The molecular formula is C21H27BrN6O3. The van der Waals surface area contributed by atoms with Crippen LogP contribution < -0.4 is 21.4 Å². The fourth-order valence-corrected chi connectivity index (χ4v) is 3.76. The van der Waals surface area contributed by atoms with Crippen LogP contribution >= 0.6 is 15.9 Å². The Kier molecular flexibility index (Phi) is 7.67. The Balaban J connectivity index is 1.93. The Hall–Kier alpha value is -2.88. The summed E-state index contributed by atoms with van der Waals surface area (Å²) in [6.07, 6.45) is 7.06. The Bertz CT molecular complexity index is 1190. The van der Waals surface area contributed by atoms with Crippen molar-refractivity contribution in [3.05, 3.63) is 49.1 Å². The van der Waals surface area contributed by atoms with Crippen molar-refractivity contribution in [2.24, 2.45) is 12.1 Å². The van der Waals surface area contributed by atoms with Crippen LogP contribution in [0, 0.1) is 0 Å². The maximum absolute atomic E-state index is 12.5. The summed E-state index contributed by atoms with van der Waals surface area (Å²) in [5.74, 6) is 1.08. The Morgan fingerprint density at radius 2 is 2.03 bits per heavy atom. The van der Waals surface area contributed by atoms with E-state index < -0.39 is 11.2 Å². The zero-order valence-electron chi connectivity index (χ0n) is 17.9. The van der Waals surface area contributed by atoms with E-state index in [1.807, 2.05) is 18.2 Å². The molecule has 0 atom stereocenters. The molecule has 0 aliphatic heterocycles. The molecule has 0 saturated heterocycles. The number of methoxy groups -OCH3 is 1. The lowest BCUT2D eigenvalue weighted by Gasteiger charge is -2.08. The van der Waals surface area contributed by atoms with E-state index in [1.54, 1.807) is 24.9 Å². The first-order valence-electron chi connectivity index (χ1n) is 10.3. The van der Waals surface area contributed by atoms with Crippen molar-refractivity contribution in [3.63, 3.8) is 0 Å². The molecule has 2 heterocycles. The number of anilines is 1. The second kappa shape index (κ2) is 10.4. The summed E-state index contributed by atoms with van der Waals surface area (Å²) in [7, 11) is 3.18. The van der Waals surface area contributed by atoms with Crippen LogP contribution in [0.4, 0.5) is 5.95 Å². The lowest BCUT2D eigenvalue weighted by atomic mass is 10.1. The lowest BCUT2D eigenvalue weighted by Crippen LogP contribution is -2.29. The molecule has 0 radical (unpaired) electrons. The summed E-state index contributed by atoms with van der Waals surface area (Å²) in [5, 5.41) is 4.30. The minimum Gasteiger partial charge on any atom is -0.496 e. The maximum atomic E-state index is 12.5. The molecule has 0 fully saturated rings. The molecule has 0 saturated carbocycles. The third-order valence-electron chi connectivity index (χ3n) is 5.05. The van der Waals surface area contributed by atoms with Crippen LogP contribution in [-0.4, -0.2) is 32.4 Å². The third kappa shape index (κ3) is 5.25. The monoisotopic (exact) mass is 490 g/mol. The summed E-state index contributed by atoms with van der Waals surface area (Å²) in [6.45, 7) is 2.77. The van der Waals surface area contributed by atoms with Gasteiger partial charge < -0.3 is 9.30 Å². The first kappa shape index (κ1) is 22.8. The van der Waals surface area contributed by atoms with Crippen LogP contribution in [0.2, 0.25) is 0 Å². The Morgan fingerprint density at radius 3 is 2.77 bits per heavy atom. The molecule has 0 aliphatic carbocycles. The topological polar surface area (TPSA) is 106 Å². The van der Waals surface area contributed by atoms with Crippen LogP contribution in [0.15, 0.2) is 37.4 Å². The summed E-state index contributed by atoms with van der Waals surface area (Å²) < 4.78 is 9.38. The van der Waals surface area contributed by atoms with Gasteiger partial charge in [0.25, 0.3) is 5.56 Å². The zero-order valence-corrected chi connectivity index (χ0v) is 19.5. The summed E-state index contributed by atoms with van der Waals surface area (Å²) >= 11 is 3.44. The number of halogens is 1. The van der Waals surface area contributed by atoms with E-state index in [1.165, 1.54) is 11.0 Å². The van der Waals surface area contributed by atoms with Crippen LogP contribution in [0.25, 0.3) is 11.2 Å². The number of unbranched alkanes of at least 4 members (excludes halogenated alkanes) is 4. The number of fused-ring (bicyclic) bond motifs is 1. The van der Waals surface area contributed by atoms with Gasteiger partial charge in [-0.1, -0.05) is 48.5 Å². The molecule has 2 aromatic heterocycles. The van der Waals surface area contributed by atoms with E-state index >= 15 is 0 Å². The van der Waals surface area contributed by atoms with Crippen molar-refractivity contribution in [3.8, 4) is 5.75 Å². The minimum atomic E-state index is -0.501. The number of hydrogen-bond acceptors (Lipinski definition) is 6. The van der Waals surface area contributed by atoms with Crippen molar-refractivity contribution in [2.75, 3.05) is 12.5 Å². The number of aromatic amines is 1. The van der Waals surface area contributed by atoms with Crippen molar-refractivity contribution >= 4 is 39.3 Å². The molecule has 9 nitrogen and oxygen atoms in total. The molecule has 3 aromatic rings. The third-order valence-corrected chi connectivity index (χ3v) is 5.55. The number of benzene rings is 1. The highest BCUT2D eigenvalue weighted by Crippen LogP contribution is 2.22. The number of aromatic nitrogens is 4. The number of nitrogens with one attached hydrogen (secondary N) is 2. The first-order valence-corrected chi connectivity index (χ1v) is 11.1. The molecule has 31 heavy (non-hydrogen) atoms. The fourth-order valence-electron chi connectivity index (χ4n) is 3.38. The van der Waals surface area contributed by atoms with Crippen LogP contribution in [0.5, 0.6) is 5.75 Å². The number of hydrazone groups is 1. The normalized spacial score (nSPS) is 11.5. The van der Waals surface area contributed by atoms with E-state index in [0.717, 1.165) is 35.7 Å². The first-order chi connectivity index (χ1) is 15.0. The molecule has 3 rings (SSSR count). The summed E-state index contributed by atoms with van der Waals surface area (Å²) in [5.41, 5.74) is 3.43. The van der Waals surface area contributed by atoms with E-state index in [9.17, 15) is 9.59 Å². The number of nitrogens with zero attached hydrogens (tertiary/aromatic N) is 4. The molecule has 0 spiro atoms. The minimum absolute atomic E-state index is 0.319. The number of hydrogen-bond donors (Lipinski definition) is 2. The van der Waals surface area contributed by atoms with Crippen molar-refractivity contribution in [1.82, 2.24) is 19.1 Å². The Morgan fingerprint density at radius 1 is 1.26 bits per heavy atom. The number of ether oxygens (including phenoxy) is 1. The highest BCUT2D eigenvalue weighted by Gasteiger charge is 2.17. The zero-order chi connectivity index (χ0) is 22.4. The van der Waals surface area contributed by atoms with Gasteiger partial charge in [0, 0.05) is 23.6 Å². The van der Waals surface area contributed by atoms with Gasteiger partial charge in [-0.2, -0.15) is 10.1 Å². The van der Waals surface area contributed by atoms with Crippen LogP contribution in [-0.2, 0) is 13.6 Å². The van der Waals surface area contributed by atoms with Crippen LogP contribution in [0.3, 0.4) is 0 Å². The van der Waals surface area contributed by atoms with Gasteiger partial charge >= 0.3 is 5.69 Å². The van der Waals surface area contributed by atoms with Crippen LogP contribution in [0.1, 0.15) is 44.6 Å². The molecule has 1 aromatic carbocycles. The molecular weight excluding hydrogens is 464 g/mol. The predicted octanol–water partition coefficient (Wildman–Crippen LogP) is 3.61. The second-order valence-electron chi connectivity index (χ2n) is 7.25. The average molecular weight is 491 g/mol. The van der Waals surface area contributed by atoms with Gasteiger partial charge in [0.05, 0.1) is 13.3 Å². The number of aryl methyl sites for hydroxylation is 2. The molecule has 10 heteroatoms. The van der Waals surface area contributed by atoms with Crippen molar-refractivity contribution < 1.29 is 4.74 Å². The molecule has 0 bridgehead atoms. The Labute approximate surface area is 188 Å². The molecule has 166 valence electrons. The van der Waals surface area contributed by atoms with Gasteiger partial charge in [-0.3, -0.25) is 14.3 Å². The molecule has 0 amide bonds. The largest absolute Gasteiger partial charge is 0.496 e. The molecule has 0 aliphatic rings. The maximum Gasteiger partial charge on any atom is 0.329 e. The highest BCUT2D eigenvalue weighted by molar-refractivity contribution is 9.10. The lowest BCUT2D eigenvalue weighted by molar-refractivity contribution is 0.414. The smallest absolute Gasteiger partial charge is 0.329 e. The average Bonchev–Trinajstić information content (AvgIpc) is 3.11. The van der Waals surface area contributed by atoms with Crippen molar-refractivity contribution in [2.45, 2.75) is 45.6 Å². The molecule has 2 N–H and O–H groups in total. The summed E-state index contributed by atoms with van der Waals surface area (Å²) in [6, 6.07) is 5.61. The van der Waals surface area contributed by atoms with Crippen molar-refractivity contribution in [1.29, 1.82) is 0 Å². The molecule has 0 unspecified atom stereocenters. The SMILES string of the molecule is CCCCCCCn1c(N/N=C/c2cc(Br)ccc2OC)nc2c1c(=O)[nH]c(=O)n2C. The van der Waals surface area contributed by atoms with E-state index in [-0.39, 0.29) is 0 Å². The van der Waals surface area contributed by atoms with Gasteiger partial charge in [0.2, 0.25) is 5.95 Å². The van der Waals surface area contributed by atoms with Gasteiger partial charge in [-0.25, -0.2) is 10.2 Å². The fraction of sp³-hybridized carbons (Fsp3) is 0.429.